The molecule has 0 spiro atoms. The largest absolute Gasteiger partial charge is 2.00 e. The Kier molecular flexibility index (Phi) is 11.5. The van der Waals surface area contributed by atoms with Crippen LogP contribution in [-0.2, 0) is 17.1 Å². The van der Waals surface area contributed by atoms with Gasteiger partial charge in [-0.3, -0.25) is 9.98 Å². The van der Waals surface area contributed by atoms with Crippen LogP contribution in [0.25, 0.3) is 0 Å². The predicted molar refractivity (Wildman–Crippen MR) is 101 cm³/mol. The molecule has 0 amide bonds. The summed E-state index contributed by atoms with van der Waals surface area (Å²) in [7, 11) is 0. The number of nitrogens with zero attached hydrogens (tertiary/aromatic N) is 3. The molecule has 0 N–H and O–H groups in total. The number of halogens is 2. The molecule has 1 aromatic heterocycles. The summed E-state index contributed by atoms with van der Waals surface area (Å²) in [6, 6.07) is 21.9. The van der Waals surface area contributed by atoms with Crippen LogP contribution in [0.1, 0.15) is 22.5 Å². The molecule has 0 radical (unpaired) electrons. The maximum Gasteiger partial charge on any atom is 2.00 e. The molecule has 0 aliphatic heterocycles. The summed E-state index contributed by atoms with van der Waals surface area (Å²) in [6.07, 6.45) is 3.57. The van der Waals surface area contributed by atoms with E-state index in [4.69, 9.17) is 0 Å². The molecule has 0 fully saturated rings. The number of aryl methyl sites for hydroxylation is 2. The zero-order chi connectivity index (χ0) is 16.8. The SMILES string of the molecule is Cc1ccccc1N=Cc1cccc(C=Nc2ccccc2C)n1.[Cl-].[Cl-].[Fe+2]. The van der Waals surface area contributed by atoms with E-state index in [0.717, 1.165) is 33.9 Å². The Morgan fingerprint density at radius 2 is 1.04 bits per heavy atom. The van der Waals surface area contributed by atoms with Crippen LogP contribution in [0.4, 0.5) is 11.4 Å². The first-order chi connectivity index (χ1) is 11.7. The van der Waals surface area contributed by atoms with Gasteiger partial charge in [0.1, 0.15) is 0 Å². The second-order valence-corrected chi connectivity index (χ2v) is 5.58. The summed E-state index contributed by atoms with van der Waals surface area (Å²) in [5.41, 5.74) is 5.83. The van der Waals surface area contributed by atoms with Crippen molar-refractivity contribution in [3.8, 4) is 0 Å². The second-order valence-electron chi connectivity index (χ2n) is 5.58. The van der Waals surface area contributed by atoms with E-state index in [2.05, 4.69) is 15.0 Å². The molecule has 6 heteroatoms. The standard InChI is InChI=1S/C21H19N3.2ClH.Fe/c1-16-8-3-5-12-20(16)22-14-18-10-7-11-19(24-18)15-23-21-13-6-4-9-17(21)2;;;/h3-15H,1-2H3;2*1H;/q;;;+2/p-2. The van der Waals surface area contributed by atoms with E-state index in [0.29, 0.717) is 0 Å². The summed E-state index contributed by atoms with van der Waals surface area (Å²) >= 11 is 0. The van der Waals surface area contributed by atoms with Gasteiger partial charge in [-0.15, -0.1) is 0 Å². The van der Waals surface area contributed by atoms with Gasteiger partial charge in [0.05, 0.1) is 35.2 Å². The van der Waals surface area contributed by atoms with E-state index in [1.807, 2.05) is 80.6 Å². The summed E-state index contributed by atoms with van der Waals surface area (Å²) in [6.45, 7) is 4.09. The predicted octanol–water partition coefficient (Wildman–Crippen LogP) is -0.795. The minimum atomic E-state index is 0. The molecule has 0 saturated carbocycles. The fourth-order valence-corrected chi connectivity index (χ4v) is 2.30. The average Bonchev–Trinajstić information content (AvgIpc) is 2.61. The Balaban J connectivity index is 0.00000225. The topological polar surface area (TPSA) is 37.6 Å². The molecule has 27 heavy (non-hydrogen) atoms. The second kappa shape index (κ2) is 12.4. The number of hydrogen-bond donors (Lipinski definition) is 0. The van der Waals surface area contributed by atoms with Crippen molar-refractivity contribution in [3.63, 3.8) is 0 Å². The van der Waals surface area contributed by atoms with Gasteiger partial charge in [-0.25, -0.2) is 4.98 Å². The third kappa shape index (κ3) is 7.28. The smallest absolute Gasteiger partial charge is 1.00 e. The van der Waals surface area contributed by atoms with Crippen LogP contribution in [0, 0.1) is 13.8 Å². The van der Waals surface area contributed by atoms with E-state index in [1.54, 1.807) is 12.4 Å². The Bertz CT molecular complexity index is 840. The summed E-state index contributed by atoms with van der Waals surface area (Å²) < 4.78 is 0. The van der Waals surface area contributed by atoms with Gasteiger partial charge in [-0.1, -0.05) is 42.5 Å². The number of aliphatic imine (C=N–C) groups is 2. The Hall–Kier alpha value is -1.97. The first-order valence-electron chi connectivity index (χ1n) is 7.89. The van der Waals surface area contributed by atoms with Gasteiger partial charge < -0.3 is 24.8 Å². The molecular weight excluding hydrogens is 421 g/mol. The zero-order valence-corrected chi connectivity index (χ0v) is 17.6. The number of benzene rings is 2. The Labute approximate surface area is 183 Å². The number of rotatable bonds is 4. The Morgan fingerprint density at radius 3 is 1.44 bits per heavy atom. The molecule has 140 valence electrons. The molecular formula is C21H19Cl2FeN3. The summed E-state index contributed by atoms with van der Waals surface area (Å²) in [5, 5.41) is 0. The van der Waals surface area contributed by atoms with Crippen LogP contribution in [0.5, 0.6) is 0 Å². The fourth-order valence-electron chi connectivity index (χ4n) is 2.30. The van der Waals surface area contributed by atoms with Crippen molar-refractivity contribution in [2.45, 2.75) is 13.8 Å². The molecule has 0 unspecified atom stereocenters. The van der Waals surface area contributed by atoms with Gasteiger partial charge >= 0.3 is 17.1 Å². The van der Waals surface area contributed by atoms with Crippen molar-refractivity contribution in [3.05, 3.63) is 89.2 Å². The van der Waals surface area contributed by atoms with E-state index in [1.165, 1.54) is 0 Å². The zero-order valence-electron chi connectivity index (χ0n) is 15.0. The molecule has 0 bridgehead atoms. The van der Waals surface area contributed by atoms with Crippen LogP contribution >= 0.6 is 0 Å². The van der Waals surface area contributed by atoms with Crippen molar-refractivity contribution in [2.24, 2.45) is 9.98 Å². The minimum Gasteiger partial charge on any atom is -1.00 e. The number of aromatic nitrogens is 1. The van der Waals surface area contributed by atoms with Crippen molar-refractivity contribution in [1.82, 2.24) is 4.98 Å². The molecule has 3 nitrogen and oxygen atoms in total. The molecule has 0 aliphatic carbocycles. The van der Waals surface area contributed by atoms with Gasteiger partial charge in [-0.2, -0.15) is 0 Å². The van der Waals surface area contributed by atoms with Crippen LogP contribution in [0.15, 0.2) is 76.7 Å². The van der Waals surface area contributed by atoms with Gasteiger partial charge in [0.15, 0.2) is 0 Å². The van der Waals surface area contributed by atoms with Gasteiger partial charge in [0.2, 0.25) is 0 Å². The van der Waals surface area contributed by atoms with Crippen molar-refractivity contribution < 1.29 is 41.9 Å². The molecule has 0 aliphatic rings. The third-order valence-electron chi connectivity index (χ3n) is 3.69. The molecule has 0 atom stereocenters. The van der Waals surface area contributed by atoms with E-state index >= 15 is 0 Å². The first kappa shape index (κ1) is 25.0. The Morgan fingerprint density at radius 1 is 0.630 bits per heavy atom. The monoisotopic (exact) mass is 439 g/mol. The number of pyridine rings is 1. The number of para-hydroxylation sites is 2. The molecule has 2 aromatic carbocycles. The van der Waals surface area contributed by atoms with Gasteiger partial charge in [0, 0.05) is 0 Å². The first-order valence-corrected chi connectivity index (χ1v) is 7.89. The van der Waals surface area contributed by atoms with E-state index in [-0.39, 0.29) is 41.9 Å². The van der Waals surface area contributed by atoms with E-state index in [9.17, 15) is 0 Å². The summed E-state index contributed by atoms with van der Waals surface area (Å²) in [5.74, 6) is 0. The maximum atomic E-state index is 4.56. The quantitative estimate of drug-likeness (QED) is 0.387. The summed E-state index contributed by atoms with van der Waals surface area (Å²) in [4.78, 5) is 13.6. The van der Waals surface area contributed by atoms with Crippen LogP contribution in [-0.4, -0.2) is 17.4 Å². The number of hydrogen-bond acceptors (Lipinski definition) is 3. The minimum absolute atomic E-state index is 0. The normalized spacial score (nSPS) is 10.1. The molecule has 3 aromatic rings. The average molecular weight is 440 g/mol. The van der Waals surface area contributed by atoms with Gasteiger partial charge in [-0.05, 0) is 49.2 Å². The van der Waals surface area contributed by atoms with Crippen LogP contribution in [0.3, 0.4) is 0 Å². The van der Waals surface area contributed by atoms with Crippen molar-refractivity contribution in [2.75, 3.05) is 0 Å². The van der Waals surface area contributed by atoms with Gasteiger partial charge in [0.25, 0.3) is 0 Å². The molecule has 1 heterocycles. The fraction of sp³-hybridized carbons (Fsp3) is 0.0952. The maximum absolute atomic E-state index is 4.56. The van der Waals surface area contributed by atoms with Crippen molar-refractivity contribution >= 4 is 23.8 Å². The van der Waals surface area contributed by atoms with E-state index < -0.39 is 0 Å². The third-order valence-corrected chi connectivity index (χ3v) is 3.69. The van der Waals surface area contributed by atoms with Crippen LogP contribution < -0.4 is 24.8 Å². The van der Waals surface area contributed by atoms with Crippen LogP contribution in [0.2, 0.25) is 0 Å². The molecule has 3 rings (SSSR count). The molecule has 0 saturated heterocycles. The van der Waals surface area contributed by atoms with Crippen molar-refractivity contribution in [1.29, 1.82) is 0 Å².